The lowest BCUT2D eigenvalue weighted by Gasteiger charge is -2.08. The normalized spacial score (nSPS) is 10.5. The Kier molecular flexibility index (Phi) is 6.13. The van der Waals surface area contributed by atoms with Crippen LogP contribution in [0.5, 0.6) is 0 Å². The summed E-state index contributed by atoms with van der Waals surface area (Å²) in [6, 6.07) is 14.1. The van der Waals surface area contributed by atoms with E-state index in [1.165, 1.54) is 0 Å². The van der Waals surface area contributed by atoms with Crippen LogP contribution in [-0.4, -0.2) is 18.5 Å². The van der Waals surface area contributed by atoms with E-state index in [2.05, 4.69) is 19.2 Å². The predicted octanol–water partition coefficient (Wildman–Crippen LogP) is 4.45. The molecule has 0 atom stereocenters. The van der Waals surface area contributed by atoms with E-state index in [-0.39, 0.29) is 11.9 Å². The Bertz CT molecular complexity index is 705. The summed E-state index contributed by atoms with van der Waals surface area (Å²) < 4.78 is 5.22. The van der Waals surface area contributed by atoms with Crippen molar-refractivity contribution >= 4 is 17.6 Å². The van der Waals surface area contributed by atoms with Gasteiger partial charge in [-0.15, -0.1) is 0 Å². The Labute approximate surface area is 142 Å². The molecular weight excluding hydrogens is 302 g/mol. The highest BCUT2D eigenvalue weighted by atomic mass is 16.5. The van der Waals surface area contributed by atoms with Gasteiger partial charge in [0.1, 0.15) is 0 Å². The van der Waals surface area contributed by atoms with Crippen LogP contribution < -0.4 is 5.32 Å². The topological polar surface area (TPSA) is 55.4 Å². The van der Waals surface area contributed by atoms with Gasteiger partial charge in [0.2, 0.25) is 0 Å². The van der Waals surface area contributed by atoms with Gasteiger partial charge in [0.15, 0.2) is 0 Å². The summed E-state index contributed by atoms with van der Waals surface area (Å²) in [4.78, 5) is 24.1. The van der Waals surface area contributed by atoms with Gasteiger partial charge in [-0.2, -0.15) is 0 Å². The molecule has 0 aliphatic carbocycles. The number of aryl methyl sites for hydroxylation is 1. The van der Waals surface area contributed by atoms with Crippen molar-refractivity contribution in [1.29, 1.82) is 0 Å². The number of esters is 1. The van der Waals surface area contributed by atoms with Crippen LogP contribution in [-0.2, 0) is 4.74 Å². The smallest absolute Gasteiger partial charge is 0.338 e. The fourth-order valence-corrected chi connectivity index (χ4v) is 2.15. The number of carbonyl (C=O) groups is 2. The molecule has 0 fully saturated rings. The zero-order valence-electron chi connectivity index (χ0n) is 14.3. The molecule has 0 unspecified atom stereocenters. The van der Waals surface area contributed by atoms with Crippen molar-refractivity contribution in [2.45, 2.75) is 27.2 Å². The van der Waals surface area contributed by atoms with Crippen molar-refractivity contribution in [3.8, 4) is 0 Å². The van der Waals surface area contributed by atoms with Crippen molar-refractivity contribution < 1.29 is 14.3 Å². The highest BCUT2D eigenvalue weighted by Crippen LogP contribution is 2.13. The van der Waals surface area contributed by atoms with Crippen LogP contribution in [0.15, 0.2) is 48.5 Å². The van der Waals surface area contributed by atoms with Gasteiger partial charge < -0.3 is 10.1 Å². The Hall–Kier alpha value is -2.62. The molecule has 0 aromatic heterocycles. The van der Waals surface area contributed by atoms with Crippen LogP contribution >= 0.6 is 0 Å². The minimum absolute atomic E-state index is 0.175. The largest absolute Gasteiger partial charge is 0.462 e. The van der Waals surface area contributed by atoms with Crippen LogP contribution in [0.3, 0.4) is 0 Å². The second kappa shape index (κ2) is 8.29. The lowest BCUT2D eigenvalue weighted by atomic mass is 10.1. The van der Waals surface area contributed by atoms with Gasteiger partial charge in [-0.1, -0.05) is 31.5 Å². The number of anilines is 1. The van der Waals surface area contributed by atoms with Gasteiger partial charge in [-0.3, -0.25) is 4.79 Å². The van der Waals surface area contributed by atoms with Crippen LogP contribution in [0.2, 0.25) is 0 Å². The van der Waals surface area contributed by atoms with E-state index >= 15 is 0 Å². The third kappa shape index (κ3) is 5.23. The molecule has 0 aliphatic heterocycles. The van der Waals surface area contributed by atoms with Crippen molar-refractivity contribution in [3.63, 3.8) is 0 Å². The standard InChI is InChI=1S/C20H23NO3/c1-14(2)11-12-24-20(23)16-7-9-18(10-8-16)21-19(22)17-6-4-5-15(3)13-17/h4-10,13-14H,11-12H2,1-3H3,(H,21,22). The quantitative estimate of drug-likeness (QED) is 0.798. The molecule has 0 spiro atoms. The van der Waals surface area contributed by atoms with Gasteiger partial charge in [0.25, 0.3) is 5.91 Å². The molecule has 4 heteroatoms. The highest BCUT2D eigenvalue weighted by Gasteiger charge is 2.09. The number of hydrogen-bond acceptors (Lipinski definition) is 3. The molecule has 126 valence electrons. The van der Waals surface area contributed by atoms with Crippen molar-refractivity contribution in [2.75, 3.05) is 11.9 Å². The van der Waals surface area contributed by atoms with E-state index in [9.17, 15) is 9.59 Å². The first-order chi connectivity index (χ1) is 11.5. The molecule has 1 N–H and O–H groups in total. The third-order valence-corrected chi connectivity index (χ3v) is 3.59. The number of ether oxygens (including phenoxy) is 1. The first-order valence-electron chi connectivity index (χ1n) is 8.11. The molecule has 4 nitrogen and oxygen atoms in total. The Balaban J connectivity index is 1.94. The molecule has 0 saturated carbocycles. The van der Waals surface area contributed by atoms with E-state index in [0.29, 0.717) is 29.3 Å². The number of amides is 1. The average molecular weight is 325 g/mol. The number of nitrogens with one attached hydrogen (secondary N) is 1. The van der Waals surface area contributed by atoms with E-state index in [4.69, 9.17) is 4.74 Å². The Morgan fingerprint density at radius 1 is 1.04 bits per heavy atom. The maximum absolute atomic E-state index is 12.2. The molecule has 2 aromatic carbocycles. The van der Waals surface area contributed by atoms with Crippen LogP contribution in [0, 0.1) is 12.8 Å². The van der Waals surface area contributed by atoms with Gasteiger partial charge in [0.05, 0.1) is 12.2 Å². The molecule has 0 radical (unpaired) electrons. The molecular formula is C20H23NO3. The summed E-state index contributed by atoms with van der Waals surface area (Å²) in [5.41, 5.74) is 2.75. The molecule has 0 bridgehead atoms. The second-order valence-corrected chi connectivity index (χ2v) is 6.22. The summed E-state index contributed by atoms with van der Waals surface area (Å²) in [5, 5.41) is 2.82. The number of rotatable bonds is 6. The lowest BCUT2D eigenvalue weighted by Crippen LogP contribution is -2.12. The van der Waals surface area contributed by atoms with Crippen molar-refractivity contribution in [1.82, 2.24) is 0 Å². The summed E-state index contributed by atoms with van der Waals surface area (Å²) >= 11 is 0. The second-order valence-electron chi connectivity index (χ2n) is 6.22. The van der Waals surface area contributed by atoms with Crippen LogP contribution in [0.25, 0.3) is 0 Å². The minimum Gasteiger partial charge on any atom is -0.462 e. The first-order valence-corrected chi connectivity index (χ1v) is 8.11. The van der Waals surface area contributed by atoms with E-state index in [0.717, 1.165) is 12.0 Å². The number of carbonyl (C=O) groups excluding carboxylic acids is 2. The number of hydrogen-bond donors (Lipinski definition) is 1. The molecule has 0 aliphatic rings. The van der Waals surface area contributed by atoms with Crippen molar-refractivity contribution in [2.24, 2.45) is 5.92 Å². The van der Waals surface area contributed by atoms with Gasteiger partial charge in [-0.05, 0) is 55.7 Å². The predicted molar refractivity (Wildman–Crippen MR) is 95.3 cm³/mol. The zero-order chi connectivity index (χ0) is 17.5. The first kappa shape index (κ1) is 17.7. The minimum atomic E-state index is -0.341. The Morgan fingerprint density at radius 3 is 2.38 bits per heavy atom. The average Bonchev–Trinajstić information content (AvgIpc) is 2.55. The molecule has 2 rings (SSSR count). The monoisotopic (exact) mass is 325 g/mol. The molecule has 0 saturated heterocycles. The van der Waals surface area contributed by atoms with E-state index < -0.39 is 0 Å². The van der Waals surface area contributed by atoms with Crippen molar-refractivity contribution in [3.05, 3.63) is 65.2 Å². The molecule has 24 heavy (non-hydrogen) atoms. The lowest BCUT2D eigenvalue weighted by molar-refractivity contribution is 0.0488. The summed E-state index contributed by atoms with van der Waals surface area (Å²) in [5.74, 6) is -0.0183. The fourth-order valence-electron chi connectivity index (χ4n) is 2.15. The van der Waals surface area contributed by atoms with Crippen LogP contribution in [0.4, 0.5) is 5.69 Å². The molecule has 0 heterocycles. The summed E-state index contributed by atoms with van der Waals surface area (Å²) in [6.07, 6.45) is 0.844. The summed E-state index contributed by atoms with van der Waals surface area (Å²) in [7, 11) is 0. The van der Waals surface area contributed by atoms with E-state index in [1.54, 1.807) is 30.3 Å². The fraction of sp³-hybridized carbons (Fsp3) is 0.300. The van der Waals surface area contributed by atoms with Gasteiger partial charge >= 0.3 is 5.97 Å². The SMILES string of the molecule is Cc1cccc(C(=O)Nc2ccc(C(=O)OCCC(C)C)cc2)c1. The maximum atomic E-state index is 12.2. The van der Waals surface area contributed by atoms with Crippen LogP contribution in [0.1, 0.15) is 46.5 Å². The third-order valence-electron chi connectivity index (χ3n) is 3.59. The van der Waals surface area contributed by atoms with Gasteiger partial charge in [-0.25, -0.2) is 4.79 Å². The molecule has 2 aromatic rings. The van der Waals surface area contributed by atoms with E-state index in [1.807, 2.05) is 25.1 Å². The molecule has 1 amide bonds. The zero-order valence-corrected chi connectivity index (χ0v) is 14.3. The Morgan fingerprint density at radius 2 is 1.75 bits per heavy atom. The van der Waals surface area contributed by atoms with Gasteiger partial charge in [0, 0.05) is 11.3 Å². The highest BCUT2D eigenvalue weighted by molar-refractivity contribution is 6.04. The summed E-state index contributed by atoms with van der Waals surface area (Å²) in [6.45, 7) is 6.53. The number of benzene rings is 2. The maximum Gasteiger partial charge on any atom is 0.338 e.